The Morgan fingerprint density at radius 1 is 1.20 bits per heavy atom. The lowest BCUT2D eigenvalue weighted by Gasteiger charge is -2.05. The molecule has 0 saturated heterocycles. The monoisotopic (exact) mass is 336 g/mol. The fraction of sp³-hybridized carbons (Fsp3) is 0.0588. The van der Waals surface area contributed by atoms with E-state index in [2.05, 4.69) is 26.9 Å². The van der Waals surface area contributed by atoms with Gasteiger partial charge in [-0.3, -0.25) is 0 Å². The summed E-state index contributed by atoms with van der Waals surface area (Å²) in [5, 5.41) is 17.9. The van der Waals surface area contributed by atoms with Gasteiger partial charge in [0.2, 0.25) is 0 Å². The van der Waals surface area contributed by atoms with E-state index in [1.54, 1.807) is 5.43 Å². The van der Waals surface area contributed by atoms with Crippen LogP contribution in [0.4, 0.5) is 0 Å². The Balaban J connectivity index is 1.90. The van der Waals surface area contributed by atoms with Crippen molar-refractivity contribution in [1.29, 1.82) is 0 Å². The molecule has 0 spiro atoms. The van der Waals surface area contributed by atoms with Gasteiger partial charge in [0, 0.05) is 29.2 Å². The average Bonchev–Trinajstić information content (AvgIpc) is 2.93. The van der Waals surface area contributed by atoms with Crippen LogP contribution >= 0.6 is 0 Å². The first kappa shape index (κ1) is 16.2. The van der Waals surface area contributed by atoms with E-state index in [1.807, 2.05) is 48.7 Å². The topological polar surface area (TPSA) is 111 Å². The minimum Gasteiger partial charge on any atom is -0.364 e. The Morgan fingerprint density at radius 3 is 2.68 bits per heavy atom. The number of guanidine groups is 1. The van der Waals surface area contributed by atoms with Crippen molar-refractivity contribution in [3.05, 3.63) is 82.0 Å². The van der Waals surface area contributed by atoms with Crippen molar-refractivity contribution in [2.75, 3.05) is 0 Å². The lowest BCUT2D eigenvalue weighted by atomic mass is 10.2. The molecule has 8 heteroatoms. The highest BCUT2D eigenvalue weighted by molar-refractivity contribution is 5.99. The SMILES string of the molecule is N/C(=N/N=C/c1cn(Cc2ccccc2)c2ccccc12)N[N+](=O)[O-]. The van der Waals surface area contributed by atoms with Gasteiger partial charge in [-0.05, 0) is 11.6 Å². The average molecular weight is 336 g/mol. The molecule has 8 nitrogen and oxygen atoms in total. The van der Waals surface area contributed by atoms with Crippen molar-refractivity contribution in [3.63, 3.8) is 0 Å². The third-order valence-corrected chi connectivity index (χ3v) is 3.58. The highest BCUT2D eigenvalue weighted by Crippen LogP contribution is 2.21. The predicted octanol–water partition coefficient (Wildman–Crippen LogP) is 2.12. The van der Waals surface area contributed by atoms with E-state index in [9.17, 15) is 10.1 Å². The van der Waals surface area contributed by atoms with Gasteiger partial charge in [0.05, 0.1) is 6.21 Å². The van der Waals surface area contributed by atoms with Crippen LogP contribution < -0.4 is 11.2 Å². The Hall–Kier alpha value is -3.68. The fourth-order valence-electron chi connectivity index (χ4n) is 2.56. The number of fused-ring (bicyclic) bond motifs is 1. The second-order valence-electron chi connectivity index (χ2n) is 5.31. The number of aromatic nitrogens is 1. The maximum absolute atomic E-state index is 10.3. The van der Waals surface area contributed by atoms with Gasteiger partial charge in [-0.25, -0.2) is 10.1 Å². The summed E-state index contributed by atoms with van der Waals surface area (Å²) in [6.07, 6.45) is 3.49. The van der Waals surface area contributed by atoms with Crippen LogP contribution in [-0.2, 0) is 6.54 Å². The number of nitrogens with two attached hydrogens (primary N) is 1. The molecule has 0 fully saturated rings. The fourth-order valence-corrected chi connectivity index (χ4v) is 2.56. The van der Waals surface area contributed by atoms with Gasteiger partial charge in [0.15, 0.2) is 5.03 Å². The summed E-state index contributed by atoms with van der Waals surface area (Å²) < 4.78 is 2.12. The Kier molecular flexibility index (Phi) is 4.70. The number of hydrazine groups is 1. The van der Waals surface area contributed by atoms with E-state index in [-0.39, 0.29) is 5.96 Å². The van der Waals surface area contributed by atoms with Crippen LogP contribution in [-0.4, -0.2) is 21.8 Å². The molecule has 1 aromatic heterocycles. The zero-order chi connectivity index (χ0) is 17.6. The molecule has 0 radical (unpaired) electrons. The van der Waals surface area contributed by atoms with Crippen molar-refractivity contribution in [2.45, 2.75) is 6.54 Å². The van der Waals surface area contributed by atoms with Crippen molar-refractivity contribution in [3.8, 4) is 0 Å². The molecule has 3 aromatic rings. The molecule has 3 rings (SSSR count). The van der Waals surface area contributed by atoms with E-state index in [0.29, 0.717) is 0 Å². The predicted molar refractivity (Wildman–Crippen MR) is 96.8 cm³/mol. The van der Waals surface area contributed by atoms with Gasteiger partial charge in [0.25, 0.3) is 5.96 Å². The van der Waals surface area contributed by atoms with Crippen LogP contribution in [0.2, 0.25) is 0 Å². The zero-order valence-corrected chi connectivity index (χ0v) is 13.2. The number of hydrogen-bond donors (Lipinski definition) is 2. The Labute approximate surface area is 143 Å². The minimum absolute atomic E-state index is 0.380. The number of hydrogen-bond acceptors (Lipinski definition) is 4. The quantitative estimate of drug-likeness (QED) is 0.322. The lowest BCUT2D eigenvalue weighted by molar-refractivity contribution is -0.525. The molecule has 0 aliphatic rings. The summed E-state index contributed by atoms with van der Waals surface area (Å²) >= 11 is 0. The molecule has 25 heavy (non-hydrogen) atoms. The maximum atomic E-state index is 10.3. The molecule has 0 amide bonds. The van der Waals surface area contributed by atoms with Crippen LogP contribution in [0.5, 0.6) is 0 Å². The molecule has 3 N–H and O–H groups in total. The highest BCUT2D eigenvalue weighted by Gasteiger charge is 2.07. The van der Waals surface area contributed by atoms with Crippen LogP contribution in [0.25, 0.3) is 10.9 Å². The van der Waals surface area contributed by atoms with Gasteiger partial charge in [0.1, 0.15) is 0 Å². The first-order valence-corrected chi connectivity index (χ1v) is 7.53. The smallest absolute Gasteiger partial charge is 0.275 e. The third-order valence-electron chi connectivity index (χ3n) is 3.58. The van der Waals surface area contributed by atoms with Gasteiger partial charge >= 0.3 is 0 Å². The van der Waals surface area contributed by atoms with Crippen LogP contribution in [0.15, 0.2) is 71.0 Å². The summed E-state index contributed by atoms with van der Waals surface area (Å²) in [7, 11) is 0. The first-order chi connectivity index (χ1) is 12.1. The van der Waals surface area contributed by atoms with E-state index in [4.69, 9.17) is 5.73 Å². The molecule has 0 aliphatic heterocycles. The highest BCUT2D eigenvalue weighted by atomic mass is 16.7. The third kappa shape index (κ3) is 3.99. The Morgan fingerprint density at radius 2 is 1.92 bits per heavy atom. The second-order valence-corrected chi connectivity index (χ2v) is 5.31. The number of benzene rings is 2. The maximum Gasteiger partial charge on any atom is 0.275 e. The number of para-hydroxylation sites is 1. The van der Waals surface area contributed by atoms with E-state index in [0.717, 1.165) is 23.0 Å². The molecule has 0 aliphatic carbocycles. The number of nitrogens with one attached hydrogen (secondary N) is 1. The number of nitrogens with zero attached hydrogens (tertiary/aromatic N) is 4. The number of nitro groups is 1. The zero-order valence-electron chi connectivity index (χ0n) is 13.2. The molecule has 0 bridgehead atoms. The van der Waals surface area contributed by atoms with E-state index >= 15 is 0 Å². The number of rotatable bonds is 5. The summed E-state index contributed by atoms with van der Waals surface area (Å²) in [6, 6.07) is 18.1. The summed E-state index contributed by atoms with van der Waals surface area (Å²) in [4.78, 5) is 10.3. The van der Waals surface area contributed by atoms with Crippen molar-refractivity contribution in [2.24, 2.45) is 15.9 Å². The molecule has 0 unspecified atom stereocenters. The van der Waals surface area contributed by atoms with Crippen LogP contribution in [0, 0.1) is 10.1 Å². The van der Waals surface area contributed by atoms with Gasteiger partial charge in [-0.1, -0.05) is 54.0 Å². The molecular weight excluding hydrogens is 320 g/mol. The largest absolute Gasteiger partial charge is 0.364 e. The van der Waals surface area contributed by atoms with E-state index < -0.39 is 5.03 Å². The van der Waals surface area contributed by atoms with Gasteiger partial charge < -0.3 is 10.3 Å². The normalized spacial score (nSPS) is 11.9. The molecule has 0 atom stereocenters. The molecular formula is C17H16N6O2. The van der Waals surface area contributed by atoms with Gasteiger partial charge in [-0.2, -0.15) is 5.10 Å². The Bertz CT molecular complexity index is 946. The molecule has 2 aromatic carbocycles. The van der Waals surface area contributed by atoms with E-state index in [1.165, 1.54) is 11.8 Å². The van der Waals surface area contributed by atoms with Crippen molar-refractivity contribution < 1.29 is 5.03 Å². The lowest BCUT2D eigenvalue weighted by Crippen LogP contribution is -2.35. The molecule has 0 saturated carbocycles. The van der Waals surface area contributed by atoms with Crippen LogP contribution in [0.3, 0.4) is 0 Å². The standard InChI is InChI=1S/C17H16N6O2/c18-17(21-23(24)25)20-19-10-14-12-22(11-13-6-2-1-3-7-13)16-9-5-4-8-15(14)16/h1-10,12H,11H2,(H3,18,20,21)/b19-10+. The molecule has 1 heterocycles. The van der Waals surface area contributed by atoms with Crippen LogP contribution in [0.1, 0.15) is 11.1 Å². The summed E-state index contributed by atoms with van der Waals surface area (Å²) in [5.41, 5.74) is 10.2. The van der Waals surface area contributed by atoms with Crippen molar-refractivity contribution in [1.82, 2.24) is 9.99 Å². The summed E-state index contributed by atoms with van der Waals surface area (Å²) in [5.74, 6) is -0.380. The summed E-state index contributed by atoms with van der Waals surface area (Å²) in [6.45, 7) is 0.726. The van der Waals surface area contributed by atoms with Gasteiger partial charge in [-0.15, -0.1) is 5.10 Å². The molecule has 126 valence electrons. The minimum atomic E-state index is -0.792. The first-order valence-electron chi connectivity index (χ1n) is 7.53. The van der Waals surface area contributed by atoms with Crippen molar-refractivity contribution >= 4 is 23.1 Å². The second kappa shape index (κ2) is 7.26.